The van der Waals surface area contributed by atoms with Crippen molar-refractivity contribution in [3.05, 3.63) is 24.8 Å². The summed E-state index contributed by atoms with van der Waals surface area (Å²) in [5.74, 6) is 2.23. The molecule has 0 aromatic rings. The van der Waals surface area contributed by atoms with Gasteiger partial charge in [0.15, 0.2) is 0 Å². The van der Waals surface area contributed by atoms with Gasteiger partial charge in [0.05, 0.1) is 0 Å². The van der Waals surface area contributed by atoms with Crippen molar-refractivity contribution in [3.8, 4) is 0 Å². The third kappa shape index (κ3) is 3.01. The molecule has 3 heteroatoms. The van der Waals surface area contributed by atoms with Gasteiger partial charge in [-0.05, 0) is 38.5 Å². The molecule has 102 valence electrons. The van der Waals surface area contributed by atoms with E-state index in [1.165, 1.54) is 38.5 Å². The first kappa shape index (κ1) is 13.3. The lowest BCUT2D eigenvalue weighted by atomic mass is 10.1. The van der Waals surface area contributed by atoms with Gasteiger partial charge >= 0.3 is 0 Å². The molecule has 0 aliphatic carbocycles. The van der Waals surface area contributed by atoms with Gasteiger partial charge in [-0.2, -0.15) is 0 Å². The molecule has 18 heavy (non-hydrogen) atoms. The van der Waals surface area contributed by atoms with E-state index in [0.717, 1.165) is 37.8 Å². The van der Waals surface area contributed by atoms with Crippen molar-refractivity contribution in [1.29, 1.82) is 0 Å². The van der Waals surface area contributed by atoms with Gasteiger partial charge in [0, 0.05) is 33.2 Å². The second kappa shape index (κ2) is 6.17. The second-order valence-electron chi connectivity index (χ2n) is 5.49. The highest BCUT2D eigenvalue weighted by Gasteiger charge is 2.20. The Kier molecular flexibility index (Phi) is 4.56. The summed E-state index contributed by atoms with van der Waals surface area (Å²) in [5.41, 5.74) is 0. The maximum absolute atomic E-state index is 4.26. The van der Waals surface area contributed by atoms with Crippen LogP contribution in [0.1, 0.15) is 38.5 Å². The van der Waals surface area contributed by atoms with E-state index in [-0.39, 0.29) is 0 Å². The summed E-state index contributed by atoms with van der Waals surface area (Å²) in [6.45, 7) is 13.1. The highest BCUT2D eigenvalue weighted by Crippen LogP contribution is 2.21. The Morgan fingerprint density at radius 3 is 1.39 bits per heavy atom. The normalized spacial score (nSPS) is 20.7. The molecule has 0 unspecified atom stereocenters. The molecule has 0 atom stereocenters. The van der Waals surface area contributed by atoms with Gasteiger partial charge in [-0.1, -0.05) is 13.2 Å². The van der Waals surface area contributed by atoms with Crippen molar-refractivity contribution < 1.29 is 0 Å². The van der Waals surface area contributed by atoms with E-state index in [2.05, 4.69) is 34.9 Å². The van der Waals surface area contributed by atoms with Crippen LogP contribution in [0.25, 0.3) is 0 Å². The van der Waals surface area contributed by atoms with Crippen LogP contribution in [0.3, 0.4) is 0 Å². The average Bonchev–Trinajstić information content (AvgIpc) is 2.47. The lowest BCUT2D eigenvalue weighted by Gasteiger charge is -2.40. The van der Waals surface area contributed by atoms with Crippen LogP contribution in [0.4, 0.5) is 0 Å². The number of nitrogens with zero attached hydrogens (tertiary/aromatic N) is 3. The van der Waals surface area contributed by atoms with Gasteiger partial charge < -0.3 is 14.7 Å². The molecule has 0 aromatic heterocycles. The third-order valence-corrected chi connectivity index (χ3v) is 4.22. The minimum absolute atomic E-state index is 1.12. The lowest BCUT2D eigenvalue weighted by molar-refractivity contribution is 0.174. The molecule has 0 saturated carbocycles. The molecule has 2 fully saturated rings. The van der Waals surface area contributed by atoms with Crippen molar-refractivity contribution in [2.75, 3.05) is 33.2 Å². The van der Waals surface area contributed by atoms with E-state index in [1.807, 2.05) is 0 Å². The molecule has 2 saturated heterocycles. The predicted octanol–water partition coefficient (Wildman–Crippen LogP) is 2.83. The fourth-order valence-corrected chi connectivity index (χ4v) is 2.88. The van der Waals surface area contributed by atoms with Crippen molar-refractivity contribution in [1.82, 2.24) is 14.7 Å². The Balaban J connectivity index is 1.90. The molecule has 2 aliphatic rings. The SMILES string of the molecule is C=C(N1CCCCC1)N(C)C(=C)N1CCCCC1. The van der Waals surface area contributed by atoms with Crippen LogP contribution >= 0.6 is 0 Å². The van der Waals surface area contributed by atoms with E-state index in [4.69, 9.17) is 0 Å². The number of likely N-dealkylation sites (tertiary alicyclic amines) is 2. The molecular formula is C15H27N3. The maximum atomic E-state index is 4.26. The second-order valence-corrected chi connectivity index (χ2v) is 5.49. The lowest BCUT2D eigenvalue weighted by Crippen LogP contribution is -2.41. The number of rotatable bonds is 4. The van der Waals surface area contributed by atoms with E-state index < -0.39 is 0 Å². The topological polar surface area (TPSA) is 9.72 Å². The smallest absolute Gasteiger partial charge is 0.102 e. The Morgan fingerprint density at radius 1 is 0.722 bits per heavy atom. The molecular weight excluding hydrogens is 222 g/mol. The summed E-state index contributed by atoms with van der Waals surface area (Å²) in [6.07, 6.45) is 7.90. The Bertz CT molecular complexity index is 269. The Hall–Kier alpha value is -1.12. The van der Waals surface area contributed by atoms with Crippen LogP contribution in [0.2, 0.25) is 0 Å². The molecule has 0 amide bonds. The van der Waals surface area contributed by atoms with Gasteiger partial charge in [-0.3, -0.25) is 0 Å². The Morgan fingerprint density at radius 2 is 1.06 bits per heavy atom. The van der Waals surface area contributed by atoms with Crippen LogP contribution in [0.5, 0.6) is 0 Å². The molecule has 2 rings (SSSR count). The van der Waals surface area contributed by atoms with Gasteiger partial charge in [0.1, 0.15) is 11.6 Å². The van der Waals surface area contributed by atoms with Crippen molar-refractivity contribution in [2.45, 2.75) is 38.5 Å². The van der Waals surface area contributed by atoms with Crippen LogP contribution < -0.4 is 0 Å². The van der Waals surface area contributed by atoms with Crippen LogP contribution in [-0.4, -0.2) is 47.9 Å². The van der Waals surface area contributed by atoms with Crippen molar-refractivity contribution >= 4 is 0 Å². The highest BCUT2D eigenvalue weighted by molar-refractivity contribution is 5.06. The predicted molar refractivity (Wildman–Crippen MR) is 76.9 cm³/mol. The number of piperidine rings is 2. The first-order chi connectivity index (χ1) is 8.70. The summed E-state index contributed by atoms with van der Waals surface area (Å²) < 4.78 is 0. The monoisotopic (exact) mass is 249 g/mol. The summed E-state index contributed by atoms with van der Waals surface area (Å²) >= 11 is 0. The zero-order valence-electron chi connectivity index (χ0n) is 11.8. The summed E-state index contributed by atoms with van der Waals surface area (Å²) in [4.78, 5) is 6.98. The molecule has 0 spiro atoms. The van der Waals surface area contributed by atoms with Gasteiger partial charge in [-0.15, -0.1) is 0 Å². The highest BCUT2D eigenvalue weighted by atomic mass is 15.4. The number of hydrogen-bond acceptors (Lipinski definition) is 3. The fourth-order valence-electron chi connectivity index (χ4n) is 2.88. The summed E-state index contributed by atoms with van der Waals surface area (Å²) in [7, 11) is 2.11. The van der Waals surface area contributed by atoms with Gasteiger partial charge in [0.2, 0.25) is 0 Å². The minimum atomic E-state index is 1.12. The molecule has 0 bridgehead atoms. The van der Waals surface area contributed by atoms with Crippen LogP contribution in [0, 0.1) is 0 Å². The molecule has 0 aromatic carbocycles. The molecule has 0 radical (unpaired) electrons. The van der Waals surface area contributed by atoms with Gasteiger partial charge in [-0.25, -0.2) is 0 Å². The maximum Gasteiger partial charge on any atom is 0.102 e. The summed E-state index contributed by atoms with van der Waals surface area (Å²) in [5, 5.41) is 0. The van der Waals surface area contributed by atoms with Crippen molar-refractivity contribution in [3.63, 3.8) is 0 Å². The molecule has 2 aliphatic heterocycles. The first-order valence-corrected chi connectivity index (χ1v) is 7.31. The zero-order chi connectivity index (χ0) is 13.0. The average molecular weight is 249 g/mol. The quantitative estimate of drug-likeness (QED) is 0.758. The largest absolute Gasteiger partial charge is 0.358 e. The molecule has 3 nitrogen and oxygen atoms in total. The fraction of sp³-hybridized carbons (Fsp3) is 0.733. The zero-order valence-corrected chi connectivity index (χ0v) is 11.8. The van der Waals surface area contributed by atoms with Crippen LogP contribution in [-0.2, 0) is 0 Å². The van der Waals surface area contributed by atoms with E-state index in [9.17, 15) is 0 Å². The molecule has 0 N–H and O–H groups in total. The van der Waals surface area contributed by atoms with Crippen LogP contribution in [0.15, 0.2) is 24.8 Å². The van der Waals surface area contributed by atoms with Gasteiger partial charge in [0.25, 0.3) is 0 Å². The number of hydrogen-bond donors (Lipinski definition) is 0. The summed E-state index contributed by atoms with van der Waals surface area (Å²) in [6, 6.07) is 0. The minimum Gasteiger partial charge on any atom is -0.358 e. The van der Waals surface area contributed by atoms with E-state index in [1.54, 1.807) is 0 Å². The third-order valence-electron chi connectivity index (χ3n) is 4.22. The Labute approximate surface area is 112 Å². The van der Waals surface area contributed by atoms with Crippen molar-refractivity contribution in [2.24, 2.45) is 0 Å². The first-order valence-electron chi connectivity index (χ1n) is 7.31. The van der Waals surface area contributed by atoms with E-state index in [0.29, 0.717) is 0 Å². The molecule has 2 heterocycles. The standard InChI is InChI=1S/C15H27N3/c1-14(17-10-6-4-7-11-17)16(3)15(2)18-12-8-5-9-13-18/h1-2,4-13H2,3H3. The van der Waals surface area contributed by atoms with E-state index >= 15 is 0 Å².